The lowest BCUT2D eigenvalue weighted by Crippen LogP contribution is -2.52. The fourth-order valence-electron chi connectivity index (χ4n) is 4.51. The number of nitrogens with zero attached hydrogens (tertiary/aromatic N) is 2. The Hall–Kier alpha value is -3.16. The summed E-state index contributed by atoms with van der Waals surface area (Å²) < 4.78 is 0. The molecule has 0 radical (unpaired) electrons. The van der Waals surface area contributed by atoms with Crippen LogP contribution < -0.4 is 10.6 Å². The molecule has 3 amide bonds. The third-order valence-electron chi connectivity index (χ3n) is 5.84. The number of benzene rings is 1. The van der Waals surface area contributed by atoms with E-state index >= 15 is 0 Å². The lowest BCUT2D eigenvalue weighted by Gasteiger charge is -2.40. The van der Waals surface area contributed by atoms with Gasteiger partial charge in [0.25, 0.3) is 11.8 Å². The van der Waals surface area contributed by atoms with Crippen LogP contribution in [0.4, 0.5) is 5.82 Å². The van der Waals surface area contributed by atoms with Gasteiger partial charge < -0.3 is 15.5 Å². The highest BCUT2D eigenvalue weighted by Gasteiger charge is 2.41. The van der Waals surface area contributed by atoms with E-state index in [-0.39, 0.29) is 35.1 Å². The first-order valence-corrected chi connectivity index (χ1v) is 10.8. The van der Waals surface area contributed by atoms with E-state index in [2.05, 4.69) is 20.8 Å². The maximum absolute atomic E-state index is 13.8. The van der Waals surface area contributed by atoms with Crippen LogP contribution in [0, 0.1) is 0 Å². The molecule has 0 saturated heterocycles. The molecule has 8 nitrogen and oxygen atoms in total. The molecule has 31 heavy (non-hydrogen) atoms. The molecule has 1 unspecified atom stereocenters. The van der Waals surface area contributed by atoms with Crippen molar-refractivity contribution in [3.05, 3.63) is 47.2 Å². The summed E-state index contributed by atoms with van der Waals surface area (Å²) >= 11 is 0. The zero-order chi connectivity index (χ0) is 22.2. The van der Waals surface area contributed by atoms with Crippen LogP contribution in [-0.2, 0) is 4.79 Å². The first-order chi connectivity index (χ1) is 14.8. The summed E-state index contributed by atoms with van der Waals surface area (Å²) in [5.74, 6) is -0.726. The minimum Gasteiger partial charge on any atom is -0.349 e. The minimum absolute atomic E-state index is 0.0963. The predicted octanol–water partition coefficient (Wildman–Crippen LogP) is 3.41. The van der Waals surface area contributed by atoms with Gasteiger partial charge in [0.15, 0.2) is 0 Å². The van der Waals surface area contributed by atoms with Crippen LogP contribution in [0.3, 0.4) is 0 Å². The van der Waals surface area contributed by atoms with Gasteiger partial charge in [0, 0.05) is 17.1 Å². The Labute approximate surface area is 181 Å². The van der Waals surface area contributed by atoms with E-state index in [1.54, 1.807) is 29.2 Å². The Bertz CT molecular complexity index is 1000. The lowest BCUT2D eigenvalue weighted by atomic mass is 9.89. The number of H-pyrrole nitrogens is 1. The van der Waals surface area contributed by atoms with Crippen molar-refractivity contribution in [1.29, 1.82) is 0 Å². The Kier molecular flexibility index (Phi) is 5.56. The van der Waals surface area contributed by atoms with E-state index in [9.17, 15) is 14.4 Å². The molecule has 2 aliphatic rings. The molecule has 164 valence electrons. The van der Waals surface area contributed by atoms with Gasteiger partial charge in [-0.05, 0) is 45.2 Å². The fourth-order valence-corrected chi connectivity index (χ4v) is 4.51. The highest BCUT2D eigenvalue weighted by Crippen LogP contribution is 2.36. The normalized spacial score (nSPS) is 20.1. The molecule has 1 atom stereocenters. The summed E-state index contributed by atoms with van der Waals surface area (Å²) in [6, 6.07) is 6.00. The van der Waals surface area contributed by atoms with Gasteiger partial charge in [0.1, 0.15) is 17.4 Å². The number of carbonyl (C=O) groups is 3. The number of hydrogen-bond donors (Lipinski definition) is 3. The van der Waals surface area contributed by atoms with Crippen molar-refractivity contribution in [3.63, 3.8) is 0 Å². The maximum Gasteiger partial charge on any atom is 0.260 e. The van der Waals surface area contributed by atoms with Gasteiger partial charge in [-0.25, -0.2) is 0 Å². The van der Waals surface area contributed by atoms with Crippen molar-refractivity contribution < 1.29 is 14.4 Å². The molecule has 1 aromatic heterocycles. The Balaban J connectivity index is 1.92. The van der Waals surface area contributed by atoms with Gasteiger partial charge in [-0.3, -0.25) is 19.5 Å². The van der Waals surface area contributed by atoms with Gasteiger partial charge in [0.05, 0.1) is 6.20 Å². The van der Waals surface area contributed by atoms with Gasteiger partial charge in [0.2, 0.25) is 5.91 Å². The Morgan fingerprint density at radius 2 is 1.81 bits per heavy atom. The average molecular weight is 424 g/mol. The van der Waals surface area contributed by atoms with Crippen molar-refractivity contribution in [2.24, 2.45) is 0 Å². The summed E-state index contributed by atoms with van der Waals surface area (Å²) in [7, 11) is 0. The summed E-state index contributed by atoms with van der Waals surface area (Å²) in [4.78, 5) is 42.3. The molecule has 3 N–H and O–H groups in total. The van der Waals surface area contributed by atoms with Gasteiger partial charge in [-0.1, -0.05) is 37.5 Å². The van der Waals surface area contributed by atoms with Crippen molar-refractivity contribution in [3.8, 4) is 0 Å². The summed E-state index contributed by atoms with van der Waals surface area (Å²) in [5.41, 5.74) is 0.668. The van der Waals surface area contributed by atoms with E-state index in [1.807, 2.05) is 20.8 Å². The summed E-state index contributed by atoms with van der Waals surface area (Å²) in [6.07, 6.45) is 6.18. The third-order valence-corrected chi connectivity index (χ3v) is 5.84. The number of nitrogens with one attached hydrogen (secondary N) is 3. The number of aromatic nitrogens is 2. The van der Waals surface area contributed by atoms with Crippen LogP contribution >= 0.6 is 0 Å². The van der Waals surface area contributed by atoms with Crippen molar-refractivity contribution in [2.75, 3.05) is 5.32 Å². The number of anilines is 1. The number of carbonyl (C=O) groups excluding carboxylic acids is 3. The molecule has 8 heteroatoms. The van der Waals surface area contributed by atoms with E-state index < -0.39 is 11.6 Å². The monoisotopic (exact) mass is 423 g/mol. The highest BCUT2D eigenvalue weighted by atomic mass is 16.2. The van der Waals surface area contributed by atoms with E-state index in [4.69, 9.17) is 0 Å². The topological polar surface area (TPSA) is 107 Å². The number of fused-ring (bicyclic) bond motifs is 2. The first kappa shape index (κ1) is 21.1. The second-order valence-corrected chi connectivity index (χ2v) is 9.35. The molecule has 1 aliphatic heterocycles. The van der Waals surface area contributed by atoms with E-state index in [0.29, 0.717) is 11.1 Å². The molecular formula is C23H29N5O3. The SMILES string of the molecule is CC(C)(C)NC(=O)C1c2ccccc2C(=O)Nc2[nH]ncc2C(=O)N1C1CCCCC1. The molecule has 2 heterocycles. The smallest absolute Gasteiger partial charge is 0.260 e. The Morgan fingerprint density at radius 3 is 2.52 bits per heavy atom. The molecule has 1 fully saturated rings. The standard InChI is InChI=1S/C23H29N5O3/c1-23(2,3)26-21(30)18-15-11-7-8-12-16(15)20(29)25-19-17(13-24-27-19)22(31)28(18)14-9-5-4-6-10-14/h7-8,11-14,18H,4-6,9-10H2,1-3H3,(H,26,30)(H2,24,25,27,29). The van der Waals surface area contributed by atoms with Crippen LogP contribution in [0.15, 0.2) is 30.5 Å². The molecule has 1 aromatic carbocycles. The highest BCUT2D eigenvalue weighted by molar-refractivity contribution is 6.11. The third kappa shape index (κ3) is 4.19. The molecule has 1 saturated carbocycles. The summed E-state index contributed by atoms with van der Waals surface area (Å²) in [5, 5.41) is 12.5. The van der Waals surface area contributed by atoms with Crippen LogP contribution in [0.2, 0.25) is 0 Å². The molecule has 0 bridgehead atoms. The first-order valence-electron chi connectivity index (χ1n) is 10.8. The molecule has 4 rings (SSSR count). The number of hydrogen-bond acceptors (Lipinski definition) is 4. The second-order valence-electron chi connectivity index (χ2n) is 9.35. The van der Waals surface area contributed by atoms with E-state index in [1.165, 1.54) is 6.20 Å². The largest absolute Gasteiger partial charge is 0.349 e. The van der Waals surface area contributed by atoms with Crippen LogP contribution in [0.5, 0.6) is 0 Å². The fraction of sp³-hybridized carbons (Fsp3) is 0.478. The van der Waals surface area contributed by atoms with Gasteiger partial charge in [-0.2, -0.15) is 5.10 Å². The molecule has 2 aromatic rings. The predicted molar refractivity (Wildman–Crippen MR) is 117 cm³/mol. The summed E-state index contributed by atoms with van der Waals surface area (Å²) in [6.45, 7) is 5.71. The van der Waals surface area contributed by atoms with Gasteiger partial charge >= 0.3 is 0 Å². The zero-order valence-corrected chi connectivity index (χ0v) is 18.2. The zero-order valence-electron chi connectivity index (χ0n) is 18.2. The average Bonchev–Trinajstić information content (AvgIpc) is 3.19. The van der Waals surface area contributed by atoms with Crippen molar-refractivity contribution in [2.45, 2.75) is 70.5 Å². The maximum atomic E-state index is 13.8. The Morgan fingerprint density at radius 1 is 1.10 bits per heavy atom. The number of rotatable bonds is 2. The van der Waals surface area contributed by atoms with Crippen LogP contribution in [0.1, 0.15) is 85.2 Å². The van der Waals surface area contributed by atoms with Gasteiger partial charge in [-0.15, -0.1) is 0 Å². The number of amides is 3. The molecule has 1 aliphatic carbocycles. The number of aromatic amines is 1. The minimum atomic E-state index is -0.919. The second kappa shape index (κ2) is 8.17. The van der Waals surface area contributed by atoms with Crippen molar-refractivity contribution >= 4 is 23.5 Å². The van der Waals surface area contributed by atoms with Crippen LogP contribution in [0.25, 0.3) is 0 Å². The van der Waals surface area contributed by atoms with Crippen molar-refractivity contribution in [1.82, 2.24) is 20.4 Å². The lowest BCUT2D eigenvalue weighted by molar-refractivity contribution is -0.128. The van der Waals surface area contributed by atoms with E-state index in [0.717, 1.165) is 32.1 Å². The van der Waals surface area contributed by atoms with Crippen LogP contribution in [-0.4, -0.2) is 44.4 Å². The quantitative estimate of drug-likeness (QED) is 0.688. The molecule has 0 spiro atoms. The molecular weight excluding hydrogens is 394 g/mol.